The van der Waals surface area contributed by atoms with Crippen LogP contribution in [0.1, 0.15) is 68.9 Å². The fourth-order valence-corrected chi connectivity index (χ4v) is 3.85. The Labute approximate surface area is 200 Å². The number of nitriles is 1. The van der Waals surface area contributed by atoms with Gasteiger partial charge in [-0.05, 0) is 88.7 Å². The lowest BCUT2D eigenvalue weighted by Crippen LogP contribution is -2.41. The zero-order chi connectivity index (χ0) is 24.7. The Bertz CT molecular complexity index is 1120. The smallest absolute Gasteiger partial charge is 0.399 e. The summed E-state index contributed by atoms with van der Waals surface area (Å²) < 4.78 is 32.5. The highest BCUT2D eigenvalue weighted by molar-refractivity contribution is 6.62. The van der Waals surface area contributed by atoms with Crippen LogP contribution in [0.5, 0.6) is 0 Å². The van der Waals surface area contributed by atoms with Crippen molar-refractivity contribution >= 4 is 24.2 Å². The van der Waals surface area contributed by atoms with Crippen LogP contribution < -0.4 is 10.8 Å². The van der Waals surface area contributed by atoms with E-state index < -0.39 is 30.0 Å². The van der Waals surface area contributed by atoms with Crippen molar-refractivity contribution in [3.05, 3.63) is 58.9 Å². The molecule has 2 aliphatic rings. The SMILES string of the molecule is CC(OCc1ccc(NC(=O)c2cc(B3OC(C)(C)C(C)(C)O3)ccc2F)cc1C#N)C1CC1. The van der Waals surface area contributed by atoms with Gasteiger partial charge in [0.05, 0.1) is 41.1 Å². The number of nitrogens with one attached hydrogen (secondary N) is 1. The van der Waals surface area contributed by atoms with Crippen LogP contribution in [-0.4, -0.2) is 30.3 Å². The first-order valence-corrected chi connectivity index (χ1v) is 11.6. The molecule has 2 aromatic rings. The number of halogens is 1. The van der Waals surface area contributed by atoms with Gasteiger partial charge in [0, 0.05) is 5.69 Å². The van der Waals surface area contributed by atoms with Crippen molar-refractivity contribution < 1.29 is 23.2 Å². The Morgan fingerprint density at radius 2 is 1.88 bits per heavy atom. The summed E-state index contributed by atoms with van der Waals surface area (Å²) in [7, 11) is -0.709. The summed E-state index contributed by atoms with van der Waals surface area (Å²) >= 11 is 0. The average molecular weight is 464 g/mol. The molecule has 0 aromatic heterocycles. The molecule has 1 heterocycles. The first-order chi connectivity index (χ1) is 16.0. The lowest BCUT2D eigenvalue weighted by atomic mass is 9.78. The minimum atomic E-state index is -0.709. The van der Waals surface area contributed by atoms with Crippen molar-refractivity contribution in [3.63, 3.8) is 0 Å². The van der Waals surface area contributed by atoms with Gasteiger partial charge in [-0.3, -0.25) is 4.79 Å². The molecule has 178 valence electrons. The van der Waals surface area contributed by atoms with Crippen LogP contribution in [0.2, 0.25) is 0 Å². The molecule has 1 atom stereocenters. The molecule has 0 radical (unpaired) electrons. The number of ether oxygens (including phenoxy) is 1. The van der Waals surface area contributed by atoms with E-state index in [-0.39, 0.29) is 11.7 Å². The van der Waals surface area contributed by atoms with E-state index in [4.69, 9.17) is 14.0 Å². The van der Waals surface area contributed by atoms with Gasteiger partial charge in [-0.15, -0.1) is 0 Å². The first kappa shape index (κ1) is 24.4. The second-order valence-electron chi connectivity index (χ2n) is 10.1. The Kier molecular flexibility index (Phi) is 6.56. The number of anilines is 1. The number of hydrogen-bond acceptors (Lipinski definition) is 5. The lowest BCUT2D eigenvalue weighted by molar-refractivity contribution is 0.00578. The van der Waals surface area contributed by atoms with Crippen molar-refractivity contribution in [1.29, 1.82) is 5.26 Å². The van der Waals surface area contributed by atoms with Crippen LogP contribution in [0.15, 0.2) is 36.4 Å². The summed E-state index contributed by atoms with van der Waals surface area (Å²) in [5, 5.41) is 12.3. The highest BCUT2D eigenvalue weighted by Crippen LogP contribution is 2.37. The van der Waals surface area contributed by atoms with Gasteiger partial charge in [-0.1, -0.05) is 12.1 Å². The monoisotopic (exact) mass is 464 g/mol. The average Bonchev–Trinajstić information content (AvgIpc) is 3.59. The third kappa shape index (κ3) is 5.02. The van der Waals surface area contributed by atoms with E-state index in [9.17, 15) is 14.4 Å². The minimum Gasteiger partial charge on any atom is -0.399 e. The number of amides is 1. The number of nitrogens with zero attached hydrogens (tertiary/aromatic N) is 1. The highest BCUT2D eigenvalue weighted by atomic mass is 19.1. The third-order valence-electron chi connectivity index (χ3n) is 7.04. The van der Waals surface area contributed by atoms with Crippen LogP contribution in [-0.2, 0) is 20.7 Å². The van der Waals surface area contributed by atoms with Gasteiger partial charge in [0.25, 0.3) is 5.91 Å². The van der Waals surface area contributed by atoms with E-state index in [0.717, 1.165) is 5.56 Å². The lowest BCUT2D eigenvalue weighted by Gasteiger charge is -2.32. The summed E-state index contributed by atoms with van der Waals surface area (Å²) in [5.74, 6) is -0.671. The van der Waals surface area contributed by atoms with E-state index >= 15 is 0 Å². The second-order valence-corrected chi connectivity index (χ2v) is 10.1. The summed E-state index contributed by atoms with van der Waals surface area (Å²) in [4.78, 5) is 12.9. The van der Waals surface area contributed by atoms with Crippen molar-refractivity contribution in [2.24, 2.45) is 5.92 Å². The molecular formula is C26H30BFN2O4. The van der Waals surface area contributed by atoms with Gasteiger partial charge in [0.1, 0.15) is 5.82 Å². The second kappa shape index (κ2) is 9.14. The molecule has 1 amide bonds. The molecule has 0 spiro atoms. The van der Waals surface area contributed by atoms with E-state index in [2.05, 4.69) is 11.4 Å². The predicted molar refractivity (Wildman–Crippen MR) is 128 cm³/mol. The van der Waals surface area contributed by atoms with Crippen LogP contribution in [0, 0.1) is 23.1 Å². The maximum absolute atomic E-state index is 14.6. The first-order valence-electron chi connectivity index (χ1n) is 11.6. The zero-order valence-corrected chi connectivity index (χ0v) is 20.3. The van der Waals surface area contributed by atoms with Crippen LogP contribution in [0.4, 0.5) is 10.1 Å². The minimum absolute atomic E-state index is 0.128. The van der Waals surface area contributed by atoms with E-state index in [1.54, 1.807) is 24.3 Å². The molecule has 2 aromatic carbocycles. The molecule has 6 nitrogen and oxygen atoms in total. The number of rotatable bonds is 7. The normalized spacial score (nSPS) is 19.5. The molecule has 4 rings (SSSR count). The molecular weight excluding hydrogens is 434 g/mol. The Hall–Kier alpha value is -2.73. The molecule has 1 saturated carbocycles. The van der Waals surface area contributed by atoms with E-state index in [0.29, 0.717) is 29.2 Å². The maximum Gasteiger partial charge on any atom is 0.494 e. The predicted octanol–water partition coefficient (Wildman–Crippen LogP) is 4.56. The summed E-state index contributed by atoms with van der Waals surface area (Å²) in [5.41, 5.74) is 0.889. The van der Waals surface area contributed by atoms with Crippen molar-refractivity contribution in [2.45, 2.75) is 71.4 Å². The largest absolute Gasteiger partial charge is 0.494 e. The maximum atomic E-state index is 14.6. The summed E-state index contributed by atoms with van der Waals surface area (Å²) in [6.07, 6.45) is 2.53. The molecule has 2 fully saturated rings. The molecule has 1 aliphatic heterocycles. The number of benzene rings is 2. The van der Waals surface area contributed by atoms with Gasteiger partial charge < -0.3 is 19.4 Å². The van der Waals surface area contributed by atoms with Crippen molar-refractivity contribution in [2.75, 3.05) is 5.32 Å². The molecule has 1 saturated heterocycles. The quantitative estimate of drug-likeness (QED) is 0.608. The van der Waals surface area contributed by atoms with Gasteiger partial charge in [-0.2, -0.15) is 5.26 Å². The summed E-state index contributed by atoms with van der Waals surface area (Å²) in [6, 6.07) is 11.4. The van der Waals surface area contributed by atoms with Crippen LogP contribution in [0.3, 0.4) is 0 Å². The Balaban J connectivity index is 1.48. The molecule has 1 N–H and O–H groups in total. The molecule has 8 heteroatoms. The van der Waals surface area contributed by atoms with E-state index in [1.807, 2.05) is 34.6 Å². The molecule has 1 unspecified atom stereocenters. The van der Waals surface area contributed by atoms with Gasteiger partial charge >= 0.3 is 7.12 Å². The molecule has 34 heavy (non-hydrogen) atoms. The van der Waals surface area contributed by atoms with Crippen LogP contribution in [0.25, 0.3) is 0 Å². The fraction of sp³-hybridized carbons (Fsp3) is 0.462. The topological polar surface area (TPSA) is 80.6 Å². The standard InChI is InChI=1S/C26H30BFN2O4/c1-16(17-6-7-17)32-15-18-8-10-21(12-19(18)14-29)30-24(31)22-13-20(9-11-23(22)28)27-33-25(2,3)26(4,5)34-27/h8-13,16-17H,6-7,15H2,1-5H3,(H,30,31). The Morgan fingerprint density at radius 3 is 2.50 bits per heavy atom. The summed E-state index contributed by atoms with van der Waals surface area (Å²) in [6.45, 7) is 10.1. The third-order valence-corrected chi connectivity index (χ3v) is 7.04. The van der Waals surface area contributed by atoms with Gasteiger partial charge in [-0.25, -0.2) is 4.39 Å². The number of hydrogen-bond donors (Lipinski definition) is 1. The van der Waals surface area contributed by atoms with Crippen LogP contribution >= 0.6 is 0 Å². The number of carbonyl (C=O) groups excluding carboxylic acids is 1. The molecule has 0 bridgehead atoms. The van der Waals surface area contributed by atoms with Gasteiger partial charge in [0.2, 0.25) is 0 Å². The highest BCUT2D eigenvalue weighted by Gasteiger charge is 2.51. The number of carbonyl (C=O) groups is 1. The Morgan fingerprint density at radius 1 is 1.21 bits per heavy atom. The van der Waals surface area contributed by atoms with Crippen molar-refractivity contribution in [3.8, 4) is 6.07 Å². The fourth-order valence-electron chi connectivity index (χ4n) is 3.85. The van der Waals surface area contributed by atoms with Crippen molar-refractivity contribution in [1.82, 2.24) is 0 Å². The zero-order valence-electron chi connectivity index (χ0n) is 20.3. The molecule has 1 aliphatic carbocycles. The van der Waals surface area contributed by atoms with E-state index in [1.165, 1.54) is 25.0 Å². The van der Waals surface area contributed by atoms with Gasteiger partial charge in [0.15, 0.2) is 0 Å².